The third-order valence-electron chi connectivity index (χ3n) is 2.68. The first-order valence-electron chi connectivity index (χ1n) is 5.48. The second-order valence-corrected chi connectivity index (χ2v) is 6.46. The highest BCUT2D eigenvalue weighted by Gasteiger charge is 2.27. The summed E-state index contributed by atoms with van der Waals surface area (Å²) >= 11 is 1.15. The van der Waals surface area contributed by atoms with Crippen molar-refractivity contribution >= 4 is 33.2 Å². The van der Waals surface area contributed by atoms with Crippen LogP contribution in [0.15, 0.2) is 11.4 Å². The Morgan fingerprint density at radius 3 is 2.72 bits per heavy atom. The van der Waals surface area contributed by atoms with E-state index in [1.807, 2.05) is 0 Å². The standard InChI is InChI=1S/C10H14N2O4S2/c1-16-10(13)9-8(4-7-17-9)11-18(14,15)12-5-2-3-6-12/h4,7,11H,2-3,5-6H2,1H3. The van der Waals surface area contributed by atoms with Crippen molar-refractivity contribution < 1.29 is 17.9 Å². The smallest absolute Gasteiger partial charge is 0.350 e. The zero-order valence-electron chi connectivity index (χ0n) is 9.88. The fourth-order valence-electron chi connectivity index (χ4n) is 1.77. The highest BCUT2D eigenvalue weighted by atomic mass is 32.2. The number of esters is 1. The maximum Gasteiger partial charge on any atom is 0.350 e. The predicted octanol–water partition coefficient (Wildman–Crippen LogP) is 1.29. The normalized spacial score (nSPS) is 16.7. The van der Waals surface area contributed by atoms with Gasteiger partial charge in [0.1, 0.15) is 4.88 Å². The van der Waals surface area contributed by atoms with E-state index in [1.54, 1.807) is 11.4 Å². The van der Waals surface area contributed by atoms with Gasteiger partial charge in [-0.15, -0.1) is 11.3 Å². The van der Waals surface area contributed by atoms with Crippen molar-refractivity contribution in [3.8, 4) is 0 Å². The quantitative estimate of drug-likeness (QED) is 0.848. The Labute approximate surface area is 110 Å². The summed E-state index contributed by atoms with van der Waals surface area (Å²) in [4.78, 5) is 11.7. The molecule has 1 aliphatic rings. The molecule has 1 fully saturated rings. The zero-order chi connectivity index (χ0) is 13.2. The van der Waals surface area contributed by atoms with E-state index >= 15 is 0 Å². The Bertz CT molecular complexity index is 532. The van der Waals surface area contributed by atoms with Crippen LogP contribution in [0.25, 0.3) is 0 Å². The molecule has 1 aromatic heterocycles. The molecule has 0 amide bonds. The van der Waals surface area contributed by atoms with Crippen LogP contribution >= 0.6 is 11.3 Å². The average Bonchev–Trinajstić information content (AvgIpc) is 2.97. The summed E-state index contributed by atoms with van der Waals surface area (Å²) in [5.41, 5.74) is 0.277. The molecule has 0 bridgehead atoms. The van der Waals surface area contributed by atoms with E-state index in [9.17, 15) is 13.2 Å². The van der Waals surface area contributed by atoms with Gasteiger partial charge in [-0.05, 0) is 24.3 Å². The molecule has 0 atom stereocenters. The summed E-state index contributed by atoms with van der Waals surface area (Å²) in [6.45, 7) is 1.04. The number of carbonyl (C=O) groups is 1. The Morgan fingerprint density at radius 1 is 1.44 bits per heavy atom. The number of rotatable bonds is 4. The highest BCUT2D eigenvalue weighted by Crippen LogP contribution is 2.25. The van der Waals surface area contributed by atoms with Crippen LogP contribution in [-0.4, -0.2) is 38.9 Å². The average molecular weight is 290 g/mol. The van der Waals surface area contributed by atoms with Crippen molar-refractivity contribution in [2.75, 3.05) is 24.9 Å². The molecule has 0 unspecified atom stereocenters. The number of nitrogens with one attached hydrogen (secondary N) is 1. The molecule has 0 radical (unpaired) electrons. The molecule has 0 aromatic carbocycles. The van der Waals surface area contributed by atoms with Crippen LogP contribution in [-0.2, 0) is 14.9 Å². The van der Waals surface area contributed by atoms with Crippen LogP contribution in [0, 0.1) is 0 Å². The summed E-state index contributed by atoms with van der Waals surface area (Å²) < 4.78 is 32.5. The van der Waals surface area contributed by atoms with E-state index in [4.69, 9.17) is 0 Å². The first-order valence-corrected chi connectivity index (χ1v) is 7.80. The molecule has 2 heterocycles. The lowest BCUT2D eigenvalue weighted by Crippen LogP contribution is -2.33. The molecule has 2 rings (SSSR count). The molecule has 0 saturated carbocycles. The SMILES string of the molecule is COC(=O)c1sccc1NS(=O)(=O)N1CCCC1. The Balaban J connectivity index is 2.18. The molecule has 1 aromatic rings. The van der Waals surface area contributed by atoms with Crippen molar-refractivity contribution in [2.45, 2.75) is 12.8 Å². The summed E-state index contributed by atoms with van der Waals surface area (Å²) in [5, 5.41) is 1.65. The number of methoxy groups -OCH3 is 1. The van der Waals surface area contributed by atoms with Crippen molar-refractivity contribution in [3.63, 3.8) is 0 Å². The van der Waals surface area contributed by atoms with E-state index in [0.29, 0.717) is 13.1 Å². The molecule has 1 aliphatic heterocycles. The Morgan fingerprint density at radius 2 is 2.11 bits per heavy atom. The van der Waals surface area contributed by atoms with Gasteiger partial charge in [-0.1, -0.05) is 0 Å². The molecule has 1 N–H and O–H groups in total. The summed E-state index contributed by atoms with van der Waals surface area (Å²) in [5.74, 6) is -0.538. The second kappa shape index (κ2) is 5.25. The number of ether oxygens (including phenoxy) is 1. The number of hydrogen-bond acceptors (Lipinski definition) is 5. The van der Waals surface area contributed by atoms with E-state index in [2.05, 4.69) is 9.46 Å². The molecule has 0 aliphatic carbocycles. The molecule has 0 spiro atoms. The van der Waals surface area contributed by atoms with Crippen molar-refractivity contribution in [1.82, 2.24) is 4.31 Å². The fourth-order valence-corrected chi connectivity index (χ4v) is 3.92. The summed E-state index contributed by atoms with van der Waals surface area (Å²) in [7, 11) is -2.30. The highest BCUT2D eigenvalue weighted by molar-refractivity contribution is 7.90. The number of nitrogens with zero attached hydrogens (tertiary/aromatic N) is 1. The molecule has 1 saturated heterocycles. The van der Waals surface area contributed by atoms with Crippen LogP contribution in [0.4, 0.5) is 5.69 Å². The van der Waals surface area contributed by atoms with E-state index < -0.39 is 16.2 Å². The first-order chi connectivity index (χ1) is 8.54. The van der Waals surface area contributed by atoms with Crippen LogP contribution in [0.1, 0.15) is 22.5 Å². The van der Waals surface area contributed by atoms with Gasteiger partial charge in [0.05, 0.1) is 12.8 Å². The summed E-state index contributed by atoms with van der Waals surface area (Å²) in [6, 6.07) is 1.56. The monoisotopic (exact) mass is 290 g/mol. The van der Waals surface area contributed by atoms with E-state index in [1.165, 1.54) is 11.4 Å². The lowest BCUT2D eigenvalue weighted by Gasteiger charge is -2.16. The number of anilines is 1. The minimum atomic E-state index is -3.56. The predicted molar refractivity (Wildman–Crippen MR) is 69.0 cm³/mol. The van der Waals surface area contributed by atoms with Crippen LogP contribution in [0.5, 0.6) is 0 Å². The Kier molecular flexibility index (Phi) is 3.88. The topological polar surface area (TPSA) is 75.7 Å². The lowest BCUT2D eigenvalue weighted by atomic mass is 10.4. The van der Waals surface area contributed by atoms with Gasteiger partial charge >= 0.3 is 16.2 Å². The van der Waals surface area contributed by atoms with Crippen LogP contribution in [0.2, 0.25) is 0 Å². The minimum Gasteiger partial charge on any atom is -0.465 e. The van der Waals surface area contributed by atoms with Gasteiger partial charge in [-0.25, -0.2) is 4.79 Å². The fraction of sp³-hybridized carbons (Fsp3) is 0.500. The molecule has 8 heteroatoms. The third-order valence-corrected chi connectivity index (χ3v) is 5.10. The lowest BCUT2D eigenvalue weighted by molar-refractivity contribution is 0.0607. The van der Waals surface area contributed by atoms with Crippen LogP contribution in [0.3, 0.4) is 0 Å². The largest absolute Gasteiger partial charge is 0.465 e. The molecular weight excluding hydrogens is 276 g/mol. The number of thiophene rings is 1. The van der Waals surface area contributed by atoms with E-state index in [-0.39, 0.29) is 10.6 Å². The van der Waals surface area contributed by atoms with Gasteiger partial charge in [0.15, 0.2) is 0 Å². The van der Waals surface area contributed by atoms with E-state index in [0.717, 1.165) is 24.2 Å². The molecular formula is C10H14N2O4S2. The van der Waals surface area contributed by atoms with Gasteiger partial charge in [0.25, 0.3) is 0 Å². The summed E-state index contributed by atoms with van der Waals surface area (Å²) in [6.07, 6.45) is 1.74. The van der Waals surface area contributed by atoms with Gasteiger partial charge in [-0.2, -0.15) is 12.7 Å². The maximum atomic E-state index is 12.0. The van der Waals surface area contributed by atoms with Crippen molar-refractivity contribution in [2.24, 2.45) is 0 Å². The van der Waals surface area contributed by atoms with Crippen molar-refractivity contribution in [1.29, 1.82) is 0 Å². The van der Waals surface area contributed by atoms with Crippen molar-refractivity contribution in [3.05, 3.63) is 16.3 Å². The number of hydrogen-bond donors (Lipinski definition) is 1. The second-order valence-electron chi connectivity index (χ2n) is 3.87. The Hall–Kier alpha value is -1.12. The van der Waals surface area contributed by atoms with Gasteiger partial charge in [-0.3, -0.25) is 4.72 Å². The molecule has 6 nitrogen and oxygen atoms in total. The van der Waals surface area contributed by atoms with Gasteiger partial charge < -0.3 is 4.74 Å². The van der Waals surface area contributed by atoms with Crippen LogP contribution < -0.4 is 4.72 Å². The first kappa shape index (κ1) is 13.3. The number of carbonyl (C=O) groups excluding carboxylic acids is 1. The minimum absolute atomic E-state index is 0.264. The van der Waals surface area contributed by atoms with Gasteiger partial charge in [0.2, 0.25) is 0 Å². The molecule has 100 valence electrons. The van der Waals surface area contributed by atoms with Gasteiger partial charge in [0, 0.05) is 13.1 Å². The maximum absolute atomic E-state index is 12.0. The third kappa shape index (κ3) is 2.65. The molecule has 18 heavy (non-hydrogen) atoms. The zero-order valence-corrected chi connectivity index (χ0v) is 11.5.